The molecule has 0 aromatic heterocycles. The van der Waals surface area contributed by atoms with Crippen LogP contribution in [0.1, 0.15) is 16.7 Å². The van der Waals surface area contributed by atoms with Crippen LogP contribution in [-0.2, 0) is 9.59 Å². The van der Waals surface area contributed by atoms with Crippen molar-refractivity contribution in [3.8, 4) is 0 Å². The van der Waals surface area contributed by atoms with E-state index in [0.29, 0.717) is 15.6 Å². The van der Waals surface area contributed by atoms with Crippen LogP contribution in [0.5, 0.6) is 0 Å². The van der Waals surface area contributed by atoms with Gasteiger partial charge >= 0.3 is 0 Å². The number of benzene rings is 2. The first-order chi connectivity index (χ1) is 12.5. The Morgan fingerprint density at radius 1 is 1.04 bits per heavy atom. The molecule has 0 radical (unpaired) electrons. The fourth-order valence-corrected chi connectivity index (χ4v) is 3.97. The van der Waals surface area contributed by atoms with Crippen LogP contribution in [0.3, 0.4) is 0 Å². The molecule has 2 aliphatic rings. The zero-order valence-corrected chi connectivity index (χ0v) is 15.5. The van der Waals surface area contributed by atoms with E-state index in [2.05, 4.69) is 10.3 Å². The SMILES string of the molecule is Cc1ccc(N=C2NC(=O)/C(=C3\C(=O)N(C)c4ccccc43)S2)cc1C. The highest BCUT2D eigenvalue weighted by Gasteiger charge is 2.37. The second kappa shape index (κ2) is 6.14. The Kier molecular flexibility index (Phi) is 3.92. The minimum Gasteiger partial charge on any atom is -0.311 e. The largest absolute Gasteiger partial charge is 0.311 e. The van der Waals surface area contributed by atoms with Crippen molar-refractivity contribution in [1.82, 2.24) is 5.32 Å². The molecule has 130 valence electrons. The maximum atomic E-state index is 12.7. The molecule has 2 amide bonds. The number of thioether (sulfide) groups is 1. The Hall–Kier alpha value is -2.86. The first-order valence-electron chi connectivity index (χ1n) is 8.22. The van der Waals surface area contributed by atoms with Gasteiger partial charge in [0, 0.05) is 12.6 Å². The van der Waals surface area contributed by atoms with E-state index in [1.165, 1.54) is 17.3 Å². The van der Waals surface area contributed by atoms with Crippen molar-refractivity contribution in [3.05, 3.63) is 64.1 Å². The number of aliphatic imine (C=N–C) groups is 1. The van der Waals surface area contributed by atoms with E-state index in [4.69, 9.17) is 0 Å². The minimum atomic E-state index is -0.286. The molecule has 26 heavy (non-hydrogen) atoms. The van der Waals surface area contributed by atoms with Crippen molar-refractivity contribution >= 4 is 45.7 Å². The summed E-state index contributed by atoms with van der Waals surface area (Å²) in [5.74, 6) is -0.456. The maximum absolute atomic E-state index is 12.7. The van der Waals surface area contributed by atoms with Crippen molar-refractivity contribution < 1.29 is 9.59 Å². The van der Waals surface area contributed by atoms with Crippen molar-refractivity contribution in [2.75, 3.05) is 11.9 Å². The molecule has 2 aromatic carbocycles. The molecule has 1 fully saturated rings. The fourth-order valence-electron chi connectivity index (χ4n) is 3.04. The number of carbonyl (C=O) groups is 2. The minimum absolute atomic E-state index is 0.170. The number of amidine groups is 1. The summed E-state index contributed by atoms with van der Waals surface area (Å²) in [5.41, 5.74) is 5.14. The highest BCUT2D eigenvalue weighted by Crippen LogP contribution is 2.42. The third-order valence-electron chi connectivity index (χ3n) is 4.63. The third-order valence-corrected chi connectivity index (χ3v) is 5.61. The molecular formula is C20H17N3O2S. The third kappa shape index (κ3) is 2.63. The maximum Gasteiger partial charge on any atom is 0.264 e. The van der Waals surface area contributed by atoms with Crippen LogP contribution >= 0.6 is 11.8 Å². The van der Waals surface area contributed by atoms with Crippen LogP contribution in [0.15, 0.2) is 52.4 Å². The molecule has 6 heteroatoms. The number of para-hydroxylation sites is 1. The number of fused-ring (bicyclic) bond motifs is 1. The number of aryl methyl sites for hydroxylation is 2. The average molecular weight is 363 g/mol. The number of hydrogen-bond donors (Lipinski definition) is 1. The highest BCUT2D eigenvalue weighted by molar-refractivity contribution is 8.18. The monoisotopic (exact) mass is 363 g/mol. The predicted octanol–water partition coefficient (Wildman–Crippen LogP) is 3.54. The number of carbonyl (C=O) groups excluding carboxylic acids is 2. The first-order valence-corrected chi connectivity index (χ1v) is 9.04. The fraction of sp³-hybridized carbons (Fsp3) is 0.150. The van der Waals surface area contributed by atoms with Gasteiger partial charge in [-0.25, -0.2) is 4.99 Å². The van der Waals surface area contributed by atoms with Crippen LogP contribution in [-0.4, -0.2) is 24.0 Å². The summed E-state index contributed by atoms with van der Waals surface area (Å²) in [5, 5.41) is 3.26. The van der Waals surface area contributed by atoms with Gasteiger partial charge in [0.15, 0.2) is 5.17 Å². The van der Waals surface area contributed by atoms with E-state index in [9.17, 15) is 9.59 Å². The van der Waals surface area contributed by atoms with Crippen LogP contribution in [0.25, 0.3) is 5.57 Å². The summed E-state index contributed by atoms with van der Waals surface area (Å²) in [4.78, 5) is 31.7. The first kappa shape index (κ1) is 16.6. The van der Waals surface area contributed by atoms with Gasteiger partial charge in [0.1, 0.15) is 0 Å². The molecule has 0 spiro atoms. The number of nitrogens with zero attached hydrogens (tertiary/aromatic N) is 2. The van der Waals surface area contributed by atoms with Gasteiger partial charge in [-0.05, 0) is 54.9 Å². The van der Waals surface area contributed by atoms with Crippen molar-refractivity contribution in [2.45, 2.75) is 13.8 Å². The van der Waals surface area contributed by atoms with E-state index in [1.54, 1.807) is 11.9 Å². The van der Waals surface area contributed by atoms with E-state index < -0.39 is 0 Å². The van der Waals surface area contributed by atoms with Gasteiger partial charge in [-0.1, -0.05) is 24.3 Å². The normalized spacial score (nSPS) is 20.7. The molecular weight excluding hydrogens is 346 g/mol. The summed E-state index contributed by atoms with van der Waals surface area (Å²) >= 11 is 1.21. The molecule has 5 nitrogen and oxygen atoms in total. The quantitative estimate of drug-likeness (QED) is 0.789. The van der Waals surface area contributed by atoms with Gasteiger partial charge in [0.2, 0.25) is 0 Å². The summed E-state index contributed by atoms with van der Waals surface area (Å²) in [6, 6.07) is 13.4. The topological polar surface area (TPSA) is 61.8 Å². The van der Waals surface area contributed by atoms with Gasteiger partial charge in [0.05, 0.1) is 21.9 Å². The van der Waals surface area contributed by atoms with Crippen molar-refractivity contribution in [1.29, 1.82) is 0 Å². The lowest BCUT2D eigenvalue weighted by Crippen LogP contribution is -2.23. The highest BCUT2D eigenvalue weighted by atomic mass is 32.2. The molecule has 2 aliphatic heterocycles. The molecule has 4 rings (SSSR count). The summed E-state index contributed by atoms with van der Waals surface area (Å²) < 4.78 is 0. The number of anilines is 1. The lowest BCUT2D eigenvalue weighted by molar-refractivity contribution is -0.116. The van der Waals surface area contributed by atoms with Crippen molar-refractivity contribution in [2.24, 2.45) is 4.99 Å². The van der Waals surface area contributed by atoms with Crippen LogP contribution < -0.4 is 10.2 Å². The summed E-state index contributed by atoms with van der Waals surface area (Å²) in [7, 11) is 1.72. The van der Waals surface area contributed by atoms with Gasteiger partial charge in [-0.2, -0.15) is 0 Å². The Morgan fingerprint density at radius 2 is 1.81 bits per heavy atom. The molecule has 2 heterocycles. The van der Waals surface area contributed by atoms with Gasteiger partial charge < -0.3 is 10.2 Å². The van der Waals surface area contributed by atoms with Gasteiger partial charge in [-0.15, -0.1) is 0 Å². The van der Waals surface area contributed by atoms with Gasteiger partial charge in [-0.3, -0.25) is 9.59 Å². The summed E-state index contributed by atoms with van der Waals surface area (Å²) in [6.45, 7) is 4.07. The molecule has 1 saturated heterocycles. The molecule has 0 aliphatic carbocycles. The predicted molar refractivity (Wildman–Crippen MR) is 106 cm³/mol. The lowest BCUT2D eigenvalue weighted by atomic mass is 10.1. The molecule has 0 atom stereocenters. The molecule has 0 unspecified atom stereocenters. The summed E-state index contributed by atoms with van der Waals surface area (Å²) in [6.07, 6.45) is 0. The van der Waals surface area contributed by atoms with E-state index >= 15 is 0 Å². The average Bonchev–Trinajstić information content (AvgIpc) is 3.09. The Bertz CT molecular complexity index is 1020. The van der Waals surface area contributed by atoms with Gasteiger partial charge in [0.25, 0.3) is 11.8 Å². The Balaban J connectivity index is 1.75. The number of hydrogen-bond acceptors (Lipinski definition) is 4. The Morgan fingerprint density at radius 3 is 2.58 bits per heavy atom. The molecule has 2 aromatic rings. The number of likely N-dealkylation sites (N-methyl/N-ethyl adjacent to an activating group) is 1. The standard InChI is InChI=1S/C20H17N3O2S/c1-11-8-9-13(10-12(11)2)21-20-22-18(24)17(26-20)16-14-6-4-5-7-15(14)23(3)19(16)25/h4-10H,1-3H3,(H,21,22,24)/b17-16+. The van der Waals surface area contributed by atoms with Crippen LogP contribution in [0.2, 0.25) is 0 Å². The van der Waals surface area contributed by atoms with Crippen molar-refractivity contribution in [3.63, 3.8) is 0 Å². The molecule has 1 N–H and O–H groups in total. The number of amides is 2. The van der Waals surface area contributed by atoms with Crippen LogP contribution in [0.4, 0.5) is 11.4 Å². The Labute approximate surface area is 155 Å². The molecule has 0 bridgehead atoms. The van der Waals surface area contributed by atoms with E-state index in [-0.39, 0.29) is 11.8 Å². The van der Waals surface area contributed by atoms with E-state index in [1.807, 2.05) is 56.3 Å². The molecule has 0 saturated carbocycles. The number of rotatable bonds is 1. The van der Waals surface area contributed by atoms with Crippen LogP contribution in [0, 0.1) is 13.8 Å². The number of nitrogens with one attached hydrogen (secondary N) is 1. The second-order valence-corrected chi connectivity index (χ2v) is 7.33. The van der Waals surface area contributed by atoms with E-state index in [0.717, 1.165) is 22.5 Å². The zero-order chi connectivity index (χ0) is 18.4. The zero-order valence-electron chi connectivity index (χ0n) is 14.7. The second-order valence-electron chi connectivity index (χ2n) is 6.33. The smallest absolute Gasteiger partial charge is 0.264 e. The lowest BCUT2D eigenvalue weighted by Gasteiger charge is -2.08.